The zero-order valence-electron chi connectivity index (χ0n) is 6.84. The van der Waals surface area contributed by atoms with Gasteiger partial charge >= 0.3 is 5.97 Å². The number of carboxylic acids is 1. The number of hydrogen-bond donors (Lipinski definition) is 3. The van der Waals surface area contributed by atoms with Crippen molar-refractivity contribution in [2.75, 3.05) is 26.7 Å². The number of carbonyl (C=O) groups is 2. The summed E-state index contributed by atoms with van der Waals surface area (Å²) in [5, 5.41) is 25.1. The number of amides is 1. The second-order valence-electron chi connectivity index (χ2n) is 2.10. The van der Waals surface area contributed by atoms with Crippen molar-refractivity contribution in [1.29, 1.82) is 0 Å². The maximum absolute atomic E-state index is 10.9. The number of ether oxygens (including phenoxy) is 1. The minimum atomic E-state index is -1.19. The van der Waals surface area contributed by atoms with Crippen molar-refractivity contribution < 1.29 is 29.6 Å². The van der Waals surface area contributed by atoms with Gasteiger partial charge in [-0.3, -0.25) is 9.69 Å². The van der Waals surface area contributed by atoms with Crippen molar-refractivity contribution in [2.24, 2.45) is 0 Å². The molecule has 0 aromatic carbocycles. The second kappa shape index (κ2) is 6.35. The Bertz CT molecular complexity index is 178. The summed E-state index contributed by atoms with van der Waals surface area (Å²) in [6, 6.07) is 0. The van der Waals surface area contributed by atoms with E-state index in [1.165, 1.54) is 0 Å². The molecule has 76 valence electrons. The molecule has 0 unspecified atom stereocenters. The van der Waals surface area contributed by atoms with E-state index >= 15 is 0 Å². The first kappa shape index (κ1) is 11.8. The lowest BCUT2D eigenvalue weighted by Crippen LogP contribution is -2.35. The SMILES string of the molecule is O=C(O)COCC(=O)N(CO)CO. The maximum Gasteiger partial charge on any atom is 0.329 e. The summed E-state index contributed by atoms with van der Waals surface area (Å²) in [6.07, 6.45) is 0. The van der Waals surface area contributed by atoms with Crippen LogP contribution in [0.25, 0.3) is 0 Å². The molecule has 13 heavy (non-hydrogen) atoms. The first-order valence-corrected chi connectivity index (χ1v) is 3.40. The first-order chi connectivity index (χ1) is 6.11. The number of aliphatic hydroxyl groups excluding tert-OH is 2. The van der Waals surface area contributed by atoms with E-state index in [9.17, 15) is 9.59 Å². The Kier molecular flexibility index (Phi) is 5.77. The third kappa shape index (κ3) is 5.12. The number of aliphatic hydroxyl groups is 2. The minimum absolute atomic E-state index is 0.479. The first-order valence-electron chi connectivity index (χ1n) is 3.40. The van der Waals surface area contributed by atoms with Crippen LogP contribution in [-0.4, -0.2) is 58.8 Å². The lowest BCUT2D eigenvalue weighted by molar-refractivity contribution is -0.149. The van der Waals surface area contributed by atoms with Crippen LogP contribution < -0.4 is 0 Å². The Hall–Kier alpha value is -1.18. The number of nitrogens with zero attached hydrogens (tertiary/aromatic N) is 1. The number of aliphatic carboxylic acids is 1. The predicted octanol–water partition coefficient (Wildman–Crippen LogP) is -2.18. The Morgan fingerprint density at radius 1 is 1.15 bits per heavy atom. The van der Waals surface area contributed by atoms with Crippen LogP contribution in [0.3, 0.4) is 0 Å². The summed E-state index contributed by atoms with van der Waals surface area (Å²) in [7, 11) is 0. The van der Waals surface area contributed by atoms with Crippen LogP contribution in [0.1, 0.15) is 0 Å². The standard InChI is InChI=1S/C6H11NO6/c8-3-7(4-9)5(10)1-13-2-6(11)12/h8-9H,1-4H2,(H,11,12). The van der Waals surface area contributed by atoms with Crippen molar-refractivity contribution >= 4 is 11.9 Å². The third-order valence-electron chi connectivity index (χ3n) is 1.15. The normalized spacial score (nSPS) is 9.69. The molecule has 0 aliphatic heterocycles. The minimum Gasteiger partial charge on any atom is -0.480 e. The van der Waals surface area contributed by atoms with E-state index in [0.29, 0.717) is 4.90 Å². The fourth-order valence-electron chi connectivity index (χ4n) is 0.519. The van der Waals surface area contributed by atoms with Crippen molar-refractivity contribution in [3.05, 3.63) is 0 Å². The monoisotopic (exact) mass is 193 g/mol. The Labute approximate surface area is 74.1 Å². The van der Waals surface area contributed by atoms with Gasteiger partial charge in [-0.2, -0.15) is 0 Å². The fourth-order valence-corrected chi connectivity index (χ4v) is 0.519. The topological polar surface area (TPSA) is 107 Å². The van der Waals surface area contributed by atoms with Crippen LogP contribution in [0, 0.1) is 0 Å². The molecule has 0 spiro atoms. The van der Waals surface area contributed by atoms with Gasteiger partial charge in [0, 0.05) is 0 Å². The van der Waals surface area contributed by atoms with Gasteiger partial charge in [0.05, 0.1) is 0 Å². The summed E-state index contributed by atoms with van der Waals surface area (Å²) in [5.41, 5.74) is 0. The van der Waals surface area contributed by atoms with E-state index in [0.717, 1.165) is 0 Å². The molecule has 0 rings (SSSR count). The summed E-state index contributed by atoms with van der Waals surface area (Å²) in [5.74, 6) is -1.86. The summed E-state index contributed by atoms with van der Waals surface area (Å²) < 4.78 is 4.43. The molecule has 0 aromatic rings. The third-order valence-corrected chi connectivity index (χ3v) is 1.15. The Balaban J connectivity index is 3.66. The van der Waals surface area contributed by atoms with Gasteiger partial charge in [0.15, 0.2) is 0 Å². The molecule has 0 aliphatic carbocycles. The van der Waals surface area contributed by atoms with Crippen LogP contribution in [0.5, 0.6) is 0 Å². The highest BCUT2D eigenvalue weighted by Crippen LogP contribution is 1.87. The number of carboxylic acid groups (broad SMARTS) is 1. The molecular formula is C6H11NO6. The van der Waals surface area contributed by atoms with Crippen LogP contribution in [0.4, 0.5) is 0 Å². The van der Waals surface area contributed by atoms with E-state index in [1.807, 2.05) is 0 Å². The Morgan fingerprint density at radius 2 is 1.69 bits per heavy atom. The van der Waals surface area contributed by atoms with E-state index in [2.05, 4.69) is 4.74 Å². The van der Waals surface area contributed by atoms with Crippen LogP contribution in [-0.2, 0) is 14.3 Å². The maximum atomic E-state index is 10.9. The average molecular weight is 193 g/mol. The molecule has 0 saturated carbocycles. The number of carbonyl (C=O) groups excluding carboxylic acids is 1. The number of hydrogen-bond acceptors (Lipinski definition) is 5. The van der Waals surface area contributed by atoms with Crippen molar-refractivity contribution in [3.8, 4) is 0 Å². The van der Waals surface area contributed by atoms with Gasteiger partial charge in [0.1, 0.15) is 26.7 Å². The van der Waals surface area contributed by atoms with Crippen LogP contribution in [0.15, 0.2) is 0 Å². The molecule has 1 amide bonds. The summed E-state index contributed by atoms with van der Waals surface area (Å²) >= 11 is 0. The molecule has 0 radical (unpaired) electrons. The lowest BCUT2D eigenvalue weighted by Gasteiger charge is -2.15. The molecular weight excluding hydrogens is 182 g/mol. The lowest BCUT2D eigenvalue weighted by atomic mass is 10.6. The molecule has 0 heterocycles. The van der Waals surface area contributed by atoms with Gasteiger partial charge < -0.3 is 20.1 Å². The molecule has 3 N–H and O–H groups in total. The van der Waals surface area contributed by atoms with Crippen LogP contribution in [0.2, 0.25) is 0 Å². The molecule has 0 aliphatic rings. The van der Waals surface area contributed by atoms with E-state index in [1.54, 1.807) is 0 Å². The largest absolute Gasteiger partial charge is 0.480 e. The van der Waals surface area contributed by atoms with E-state index in [4.69, 9.17) is 15.3 Å². The fraction of sp³-hybridized carbons (Fsp3) is 0.667. The van der Waals surface area contributed by atoms with E-state index < -0.39 is 38.6 Å². The summed E-state index contributed by atoms with van der Waals surface area (Å²) in [6.45, 7) is -2.33. The van der Waals surface area contributed by atoms with Gasteiger partial charge in [0.25, 0.3) is 5.91 Å². The zero-order chi connectivity index (χ0) is 10.3. The highest BCUT2D eigenvalue weighted by Gasteiger charge is 2.11. The predicted molar refractivity (Wildman–Crippen MR) is 39.5 cm³/mol. The van der Waals surface area contributed by atoms with Crippen LogP contribution >= 0.6 is 0 Å². The zero-order valence-corrected chi connectivity index (χ0v) is 6.84. The van der Waals surface area contributed by atoms with Gasteiger partial charge in [-0.1, -0.05) is 0 Å². The molecule has 0 atom stereocenters. The molecule has 7 heteroatoms. The molecule has 0 fully saturated rings. The van der Waals surface area contributed by atoms with Gasteiger partial charge in [0.2, 0.25) is 0 Å². The highest BCUT2D eigenvalue weighted by atomic mass is 16.5. The molecule has 7 nitrogen and oxygen atoms in total. The summed E-state index contributed by atoms with van der Waals surface area (Å²) in [4.78, 5) is 21.5. The second-order valence-corrected chi connectivity index (χ2v) is 2.10. The van der Waals surface area contributed by atoms with Gasteiger partial charge in [-0.25, -0.2) is 4.79 Å². The molecule has 0 aromatic heterocycles. The van der Waals surface area contributed by atoms with Gasteiger partial charge in [-0.05, 0) is 0 Å². The number of rotatable bonds is 6. The molecule has 0 bridgehead atoms. The van der Waals surface area contributed by atoms with Crippen molar-refractivity contribution in [1.82, 2.24) is 4.90 Å². The Morgan fingerprint density at radius 3 is 2.08 bits per heavy atom. The van der Waals surface area contributed by atoms with Crippen molar-refractivity contribution in [2.45, 2.75) is 0 Å². The molecule has 0 saturated heterocycles. The van der Waals surface area contributed by atoms with E-state index in [-0.39, 0.29) is 0 Å². The highest BCUT2D eigenvalue weighted by molar-refractivity contribution is 5.77. The average Bonchev–Trinajstić information content (AvgIpc) is 2.05. The van der Waals surface area contributed by atoms with Crippen molar-refractivity contribution in [3.63, 3.8) is 0 Å². The quantitative estimate of drug-likeness (QED) is 0.414. The smallest absolute Gasteiger partial charge is 0.329 e. The van der Waals surface area contributed by atoms with Gasteiger partial charge in [-0.15, -0.1) is 0 Å².